The monoisotopic (exact) mass is 372 g/mol. The van der Waals surface area contributed by atoms with Crippen molar-refractivity contribution in [1.82, 2.24) is 24.8 Å². The maximum Gasteiger partial charge on any atom is 0.236 e. The summed E-state index contributed by atoms with van der Waals surface area (Å²) in [6.45, 7) is 1.78. The normalized spacial score (nSPS) is 17.1. The van der Waals surface area contributed by atoms with Gasteiger partial charge in [0.25, 0.3) is 0 Å². The predicted octanol–water partition coefficient (Wildman–Crippen LogP) is 1.69. The van der Waals surface area contributed by atoms with Crippen LogP contribution in [0.4, 0.5) is 5.82 Å². The van der Waals surface area contributed by atoms with E-state index in [2.05, 4.69) is 25.2 Å². The van der Waals surface area contributed by atoms with Gasteiger partial charge in [-0.25, -0.2) is 9.97 Å². The van der Waals surface area contributed by atoms with E-state index in [9.17, 15) is 4.79 Å². The zero-order valence-corrected chi connectivity index (χ0v) is 15.6. The maximum absolute atomic E-state index is 12.3. The Morgan fingerprint density at radius 3 is 3.00 bits per heavy atom. The number of hydrogen-bond donors (Lipinski definition) is 2. The van der Waals surface area contributed by atoms with E-state index in [1.807, 2.05) is 12.3 Å². The van der Waals surface area contributed by atoms with Gasteiger partial charge < -0.3 is 15.3 Å². The van der Waals surface area contributed by atoms with Crippen molar-refractivity contribution in [3.63, 3.8) is 0 Å². The molecule has 2 aromatic heterocycles. The second-order valence-electron chi connectivity index (χ2n) is 6.87. The fourth-order valence-corrected chi connectivity index (χ4v) is 3.44. The molecule has 0 spiro atoms. The van der Waals surface area contributed by atoms with Gasteiger partial charge in [-0.2, -0.15) is 4.98 Å². The topological polar surface area (TPSA) is 96.2 Å². The Bertz CT molecular complexity index is 706. The number of amides is 1. The molecule has 0 saturated carbocycles. The number of piperidine rings is 1. The number of carbonyl (C=O) groups is 1. The number of unbranched alkanes of at least 4 members (excludes halogenated alkanes) is 2. The quantitative estimate of drug-likeness (QED) is 0.650. The van der Waals surface area contributed by atoms with Crippen LogP contribution in [0.3, 0.4) is 0 Å². The number of aromatic nitrogens is 4. The van der Waals surface area contributed by atoms with Gasteiger partial charge in [0, 0.05) is 50.7 Å². The molecule has 1 aliphatic heterocycles. The highest BCUT2D eigenvalue weighted by Crippen LogP contribution is 2.25. The summed E-state index contributed by atoms with van der Waals surface area (Å²) in [7, 11) is 0. The molecule has 146 valence electrons. The molecular formula is C19H28N6O2. The summed E-state index contributed by atoms with van der Waals surface area (Å²) in [5.74, 6) is 1.52. The molecule has 2 N–H and O–H groups in total. The number of rotatable bonds is 9. The third-order valence-corrected chi connectivity index (χ3v) is 4.86. The second-order valence-corrected chi connectivity index (χ2v) is 6.87. The minimum absolute atomic E-state index is 0.0831. The van der Waals surface area contributed by atoms with Gasteiger partial charge in [-0.1, -0.05) is 0 Å². The van der Waals surface area contributed by atoms with Crippen molar-refractivity contribution in [2.24, 2.45) is 0 Å². The fraction of sp³-hybridized carbons (Fsp3) is 0.579. The van der Waals surface area contributed by atoms with E-state index in [4.69, 9.17) is 5.11 Å². The molecule has 1 amide bonds. The molecule has 0 aromatic carbocycles. The summed E-state index contributed by atoms with van der Waals surface area (Å²) in [5, 5.41) is 11.8. The van der Waals surface area contributed by atoms with Gasteiger partial charge in [-0.05, 0) is 44.6 Å². The van der Waals surface area contributed by atoms with Gasteiger partial charge in [0.15, 0.2) is 0 Å². The van der Waals surface area contributed by atoms with Crippen molar-refractivity contribution in [2.75, 3.05) is 24.6 Å². The first kappa shape index (κ1) is 19.3. The second kappa shape index (κ2) is 10.0. The van der Waals surface area contributed by atoms with Gasteiger partial charge in [0.1, 0.15) is 12.1 Å². The zero-order chi connectivity index (χ0) is 18.9. The molecule has 0 radical (unpaired) electrons. The van der Waals surface area contributed by atoms with Gasteiger partial charge in [-0.15, -0.1) is 0 Å². The molecule has 0 bridgehead atoms. The van der Waals surface area contributed by atoms with E-state index in [1.54, 1.807) is 23.3 Å². The van der Waals surface area contributed by atoms with E-state index >= 15 is 0 Å². The average Bonchev–Trinajstić information content (AvgIpc) is 3.23. The van der Waals surface area contributed by atoms with Crippen LogP contribution >= 0.6 is 0 Å². The van der Waals surface area contributed by atoms with Crippen LogP contribution in [0.2, 0.25) is 0 Å². The Labute approximate surface area is 159 Å². The number of aliphatic hydroxyl groups excluding tert-OH is 1. The summed E-state index contributed by atoms with van der Waals surface area (Å²) >= 11 is 0. The lowest BCUT2D eigenvalue weighted by molar-refractivity contribution is -0.121. The predicted molar refractivity (Wildman–Crippen MR) is 103 cm³/mol. The lowest BCUT2D eigenvalue weighted by Crippen LogP contribution is -2.43. The molecule has 1 fully saturated rings. The van der Waals surface area contributed by atoms with E-state index in [0.717, 1.165) is 50.9 Å². The first-order chi connectivity index (χ1) is 13.3. The van der Waals surface area contributed by atoms with Crippen molar-refractivity contribution in [1.29, 1.82) is 0 Å². The highest BCUT2D eigenvalue weighted by Gasteiger charge is 2.26. The summed E-state index contributed by atoms with van der Waals surface area (Å²) in [6, 6.07) is 2.06. The molecule has 3 rings (SSSR count). The van der Waals surface area contributed by atoms with Crippen molar-refractivity contribution in [3.05, 3.63) is 31.0 Å². The average molecular weight is 372 g/mol. The molecule has 8 nitrogen and oxygen atoms in total. The number of nitrogens with one attached hydrogen (secondary N) is 1. The van der Waals surface area contributed by atoms with Gasteiger partial charge in [0.05, 0.1) is 0 Å². The van der Waals surface area contributed by atoms with Crippen LogP contribution in [0.25, 0.3) is 5.95 Å². The molecule has 8 heteroatoms. The van der Waals surface area contributed by atoms with Crippen molar-refractivity contribution < 1.29 is 9.90 Å². The third kappa shape index (κ3) is 5.50. The molecule has 2 aromatic rings. The van der Waals surface area contributed by atoms with Gasteiger partial charge in [-0.3, -0.25) is 9.36 Å². The number of hydrogen-bond acceptors (Lipinski definition) is 6. The lowest BCUT2D eigenvalue weighted by Gasteiger charge is -2.36. The van der Waals surface area contributed by atoms with Gasteiger partial charge >= 0.3 is 0 Å². The summed E-state index contributed by atoms with van der Waals surface area (Å²) in [4.78, 5) is 27.6. The Hall–Kier alpha value is -2.48. The number of anilines is 1. The van der Waals surface area contributed by atoms with Crippen LogP contribution in [0, 0.1) is 0 Å². The van der Waals surface area contributed by atoms with E-state index < -0.39 is 0 Å². The van der Waals surface area contributed by atoms with E-state index in [0.29, 0.717) is 18.9 Å². The minimum atomic E-state index is 0.0831. The largest absolute Gasteiger partial charge is 0.396 e. The third-order valence-electron chi connectivity index (χ3n) is 4.86. The van der Waals surface area contributed by atoms with Crippen LogP contribution in [-0.2, 0) is 4.79 Å². The number of aliphatic hydroxyl groups is 1. The van der Waals surface area contributed by atoms with Crippen LogP contribution in [0.15, 0.2) is 31.0 Å². The number of imidazole rings is 1. The molecule has 1 saturated heterocycles. The molecule has 1 atom stereocenters. The van der Waals surface area contributed by atoms with Crippen molar-refractivity contribution >= 4 is 11.7 Å². The first-order valence-corrected chi connectivity index (χ1v) is 9.73. The Balaban J connectivity index is 1.60. The minimum Gasteiger partial charge on any atom is -0.396 e. The molecule has 1 unspecified atom stereocenters. The fourth-order valence-electron chi connectivity index (χ4n) is 3.44. The highest BCUT2D eigenvalue weighted by molar-refractivity contribution is 5.77. The van der Waals surface area contributed by atoms with Crippen LogP contribution in [0.5, 0.6) is 0 Å². The maximum atomic E-state index is 12.3. The Morgan fingerprint density at radius 1 is 1.26 bits per heavy atom. The van der Waals surface area contributed by atoms with Crippen LogP contribution in [0.1, 0.15) is 44.9 Å². The molecular weight excluding hydrogens is 344 g/mol. The zero-order valence-electron chi connectivity index (χ0n) is 15.6. The smallest absolute Gasteiger partial charge is 0.236 e. The van der Waals surface area contributed by atoms with Gasteiger partial charge in [0.2, 0.25) is 11.9 Å². The van der Waals surface area contributed by atoms with Crippen LogP contribution < -0.4 is 10.2 Å². The molecule has 3 heterocycles. The summed E-state index contributed by atoms with van der Waals surface area (Å²) in [5.41, 5.74) is 0. The Kier molecular flexibility index (Phi) is 7.15. The van der Waals surface area contributed by atoms with E-state index in [1.165, 1.54) is 0 Å². The van der Waals surface area contributed by atoms with E-state index in [-0.39, 0.29) is 18.6 Å². The number of nitrogens with zero attached hydrogens (tertiary/aromatic N) is 5. The van der Waals surface area contributed by atoms with Crippen molar-refractivity contribution in [3.8, 4) is 5.95 Å². The highest BCUT2D eigenvalue weighted by atomic mass is 16.2. The summed E-state index contributed by atoms with van der Waals surface area (Å²) < 4.78 is 1.78. The lowest BCUT2D eigenvalue weighted by atomic mass is 9.99. The van der Waals surface area contributed by atoms with Crippen LogP contribution in [-0.4, -0.2) is 56.3 Å². The molecule has 1 aliphatic rings. The number of carbonyl (C=O) groups excluding carboxylic acids is 1. The van der Waals surface area contributed by atoms with Crippen molar-refractivity contribution in [2.45, 2.75) is 51.0 Å². The SMILES string of the molecule is O=C(CC1CCCCN1c1ccnc(-n2ccnc2)n1)NCCCCCO. The molecule has 27 heavy (non-hydrogen) atoms. The molecule has 0 aliphatic carbocycles. The Morgan fingerprint density at radius 2 is 2.19 bits per heavy atom. The standard InChI is InChI=1S/C19H28N6O2/c26-13-5-1-3-8-21-18(27)14-16-6-2-4-11-25(16)17-7-9-22-19(23-17)24-12-10-20-15-24/h7,9-10,12,15-16,26H,1-6,8,11,13-14H2,(H,21,27). The summed E-state index contributed by atoms with van der Waals surface area (Å²) in [6.07, 6.45) is 13.3. The first-order valence-electron chi connectivity index (χ1n) is 9.73.